The van der Waals surface area contributed by atoms with Gasteiger partial charge in [-0.15, -0.1) is 0 Å². The molecule has 0 bridgehead atoms. The minimum atomic E-state index is -0.376. The van der Waals surface area contributed by atoms with Crippen LogP contribution in [-0.4, -0.2) is 22.1 Å². The number of hydrogen-bond donors (Lipinski definition) is 1. The van der Waals surface area contributed by atoms with Crippen molar-refractivity contribution in [1.29, 1.82) is 0 Å². The Balaban J connectivity index is 1.86. The molecular weight excluding hydrogens is 384 g/mol. The largest absolute Gasteiger partial charge is 0.351 e. The SMILES string of the molecule is CC(C)c1cccc(C(C)C)c1N(CC1(n2ccc3cnccc32)CCCC1)C(N)=O. The predicted octanol–water partition coefficient (Wildman–Crippen LogP) is 6.14. The van der Waals surface area contributed by atoms with Crippen LogP contribution < -0.4 is 10.6 Å². The number of fused-ring (bicyclic) bond motifs is 1. The van der Waals surface area contributed by atoms with Crippen molar-refractivity contribution in [3.63, 3.8) is 0 Å². The second kappa shape index (κ2) is 8.37. The summed E-state index contributed by atoms with van der Waals surface area (Å²) in [6.07, 6.45) is 10.3. The number of anilines is 1. The zero-order chi connectivity index (χ0) is 22.2. The topological polar surface area (TPSA) is 64.2 Å². The van der Waals surface area contributed by atoms with E-state index in [0.717, 1.165) is 36.8 Å². The Morgan fingerprint density at radius 3 is 2.32 bits per heavy atom. The fourth-order valence-electron chi connectivity index (χ4n) is 5.29. The van der Waals surface area contributed by atoms with Crippen molar-refractivity contribution in [3.05, 3.63) is 60.0 Å². The van der Waals surface area contributed by atoms with Gasteiger partial charge in [0.2, 0.25) is 0 Å². The van der Waals surface area contributed by atoms with Gasteiger partial charge in [0.1, 0.15) is 0 Å². The number of carbonyl (C=O) groups excluding carboxylic acids is 1. The first-order chi connectivity index (χ1) is 14.8. The summed E-state index contributed by atoms with van der Waals surface area (Å²) in [5.74, 6) is 0.599. The molecule has 1 aliphatic carbocycles. The second-order valence-corrected chi connectivity index (χ2v) is 9.57. The third-order valence-electron chi connectivity index (χ3n) is 6.87. The van der Waals surface area contributed by atoms with Gasteiger partial charge in [-0.25, -0.2) is 4.79 Å². The van der Waals surface area contributed by atoms with E-state index in [1.165, 1.54) is 16.6 Å². The summed E-state index contributed by atoms with van der Waals surface area (Å²) in [6.45, 7) is 9.30. The van der Waals surface area contributed by atoms with Crippen molar-refractivity contribution < 1.29 is 4.79 Å². The number of carbonyl (C=O) groups is 1. The van der Waals surface area contributed by atoms with Crippen molar-refractivity contribution in [2.24, 2.45) is 5.73 Å². The number of nitrogens with two attached hydrogens (primary N) is 1. The highest BCUT2D eigenvalue weighted by Crippen LogP contribution is 2.43. The molecule has 1 saturated carbocycles. The summed E-state index contributed by atoms with van der Waals surface area (Å²) in [4.78, 5) is 19.1. The molecule has 164 valence electrons. The maximum Gasteiger partial charge on any atom is 0.319 e. The van der Waals surface area contributed by atoms with Gasteiger partial charge in [-0.2, -0.15) is 0 Å². The van der Waals surface area contributed by atoms with Crippen LogP contribution in [0.4, 0.5) is 10.5 Å². The van der Waals surface area contributed by atoms with E-state index in [1.54, 1.807) is 0 Å². The number of pyridine rings is 1. The molecule has 31 heavy (non-hydrogen) atoms. The highest BCUT2D eigenvalue weighted by atomic mass is 16.2. The molecule has 5 nitrogen and oxygen atoms in total. The first kappa shape index (κ1) is 21.4. The van der Waals surface area contributed by atoms with Gasteiger partial charge < -0.3 is 10.3 Å². The van der Waals surface area contributed by atoms with Crippen molar-refractivity contribution in [3.8, 4) is 0 Å². The lowest BCUT2D eigenvalue weighted by atomic mass is 9.90. The number of amides is 2. The third-order valence-corrected chi connectivity index (χ3v) is 6.87. The Labute approximate surface area is 185 Å². The molecule has 4 rings (SSSR count). The Kier molecular flexibility index (Phi) is 5.78. The van der Waals surface area contributed by atoms with E-state index in [2.05, 4.69) is 73.8 Å². The summed E-state index contributed by atoms with van der Waals surface area (Å²) in [5.41, 5.74) is 10.4. The van der Waals surface area contributed by atoms with Crippen LogP contribution in [0.1, 0.15) is 76.3 Å². The molecule has 2 N–H and O–H groups in total. The van der Waals surface area contributed by atoms with Gasteiger partial charge in [-0.05, 0) is 47.9 Å². The standard InChI is InChI=1S/C26H34N4O/c1-18(2)21-8-7-9-22(19(3)4)24(21)29(25(27)31)17-26(12-5-6-13-26)30-15-11-20-16-28-14-10-23(20)30/h7-11,14-16,18-19H,5-6,12-13,17H2,1-4H3,(H2,27,31). The van der Waals surface area contributed by atoms with Crippen LogP contribution in [0.3, 0.4) is 0 Å². The fourth-order valence-corrected chi connectivity index (χ4v) is 5.29. The van der Waals surface area contributed by atoms with Gasteiger partial charge in [-0.3, -0.25) is 9.88 Å². The lowest BCUT2D eigenvalue weighted by Crippen LogP contribution is -2.48. The van der Waals surface area contributed by atoms with Crippen LogP contribution in [0.25, 0.3) is 10.9 Å². The third kappa shape index (κ3) is 3.82. The number of hydrogen-bond acceptors (Lipinski definition) is 2. The van der Waals surface area contributed by atoms with Gasteiger partial charge in [0.05, 0.1) is 23.3 Å². The predicted molar refractivity (Wildman–Crippen MR) is 128 cm³/mol. The zero-order valence-electron chi connectivity index (χ0n) is 19.1. The van der Waals surface area contributed by atoms with Crippen LogP contribution in [0.5, 0.6) is 0 Å². The molecule has 0 spiro atoms. The van der Waals surface area contributed by atoms with E-state index in [0.29, 0.717) is 18.4 Å². The number of rotatable bonds is 6. The van der Waals surface area contributed by atoms with Gasteiger partial charge in [0.15, 0.2) is 0 Å². The molecule has 0 atom stereocenters. The number of primary amides is 1. The Hall–Kier alpha value is -2.82. The van der Waals surface area contributed by atoms with Crippen molar-refractivity contribution in [1.82, 2.24) is 9.55 Å². The van der Waals surface area contributed by atoms with Gasteiger partial charge >= 0.3 is 6.03 Å². The first-order valence-corrected chi connectivity index (χ1v) is 11.5. The highest BCUT2D eigenvalue weighted by molar-refractivity contribution is 5.93. The van der Waals surface area contributed by atoms with Crippen LogP contribution in [-0.2, 0) is 5.54 Å². The summed E-state index contributed by atoms with van der Waals surface area (Å²) in [5, 5.41) is 1.13. The maximum absolute atomic E-state index is 12.9. The van der Waals surface area contributed by atoms with Crippen molar-refractivity contribution >= 4 is 22.6 Å². The Morgan fingerprint density at radius 1 is 1.10 bits per heavy atom. The minimum absolute atomic E-state index is 0.170. The first-order valence-electron chi connectivity index (χ1n) is 11.5. The molecule has 0 radical (unpaired) electrons. The quantitative estimate of drug-likeness (QED) is 0.523. The van der Waals surface area contributed by atoms with Crippen LogP contribution in [0.15, 0.2) is 48.9 Å². The van der Waals surface area contributed by atoms with Crippen molar-refractivity contribution in [2.75, 3.05) is 11.4 Å². The molecule has 2 amide bonds. The highest BCUT2D eigenvalue weighted by Gasteiger charge is 2.40. The van der Waals surface area contributed by atoms with E-state index in [-0.39, 0.29) is 11.6 Å². The average molecular weight is 419 g/mol. The van der Waals surface area contributed by atoms with Gasteiger partial charge in [0, 0.05) is 24.0 Å². The summed E-state index contributed by atoms with van der Waals surface area (Å²) >= 11 is 0. The number of nitrogens with zero attached hydrogens (tertiary/aromatic N) is 3. The number of para-hydroxylation sites is 1. The van der Waals surface area contributed by atoms with E-state index >= 15 is 0 Å². The molecule has 0 aliphatic heterocycles. The molecule has 2 heterocycles. The molecule has 3 aromatic rings. The van der Waals surface area contributed by atoms with E-state index in [4.69, 9.17) is 5.73 Å². The van der Waals surface area contributed by atoms with E-state index in [1.807, 2.05) is 17.3 Å². The molecule has 1 fully saturated rings. The lowest BCUT2D eigenvalue weighted by Gasteiger charge is -2.39. The van der Waals surface area contributed by atoms with Gasteiger partial charge in [-0.1, -0.05) is 58.7 Å². The Morgan fingerprint density at radius 2 is 1.74 bits per heavy atom. The second-order valence-electron chi connectivity index (χ2n) is 9.57. The van der Waals surface area contributed by atoms with Gasteiger partial charge in [0.25, 0.3) is 0 Å². The normalized spacial score (nSPS) is 15.8. The maximum atomic E-state index is 12.9. The van der Waals surface area contributed by atoms with E-state index < -0.39 is 0 Å². The summed E-state index contributed by atoms with van der Waals surface area (Å²) in [7, 11) is 0. The summed E-state index contributed by atoms with van der Waals surface area (Å²) < 4.78 is 2.37. The van der Waals surface area contributed by atoms with Crippen LogP contribution >= 0.6 is 0 Å². The van der Waals surface area contributed by atoms with Crippen LogP contribution in [0, 0.1) is 0 Å². The molecule has 0 saturated heterocycles. The fraction of sp³-hybridized carbons (Fsp3) is 0.462. The number of urea groups is 1. The molecule has 5 heteroatoms. The molecule has 1 aliphatic rings. The molecular formula is C26H34N4O. The lowest BCUT2D eigenvalue weighted by molar-refractivity contribution is 0.245. The molecule has 0 unspecified atom stereocenters. The summed E-state index contributed by atoms with van der Waals surface area (Å²) in [6, 6.07) is 10.2. The average Bonchev–Trinajstić information content (AvgIpc) is 3.39. The molecule has 1 aromatic carbocycles. The van der Waals surface area contributed by atoms with E-state index in [9.17, 15) is 4.79 Å². The van der Waals surface area contributed by atoms with Crippen molar-refractivity contribution in [2.45, 2.75) is 70.8 Å². The minimum Gasteiger partial charge on any atom is -0.351 e. The zero-order valence-corrected chi connectivity index (χ0v) is 19.1. The number of benzene rings is 1. The number of aromatic nitrogens is 2. The van der Waals surface area contributed by atoms with Crippen LogP contribution in [0.2, 0.25) is 0 Å². The monoisotopic (exact) mass is 418 g/mol. The smallest absolute Gasteiger partial charge is 0.319 e. The molecule has 2 aromatic heterocycles. The Bertz CT molecular complexity index is 1050.